The van der Waals surface area contributed by atoms with Crippen LogP contribution in [0.3, 0.4) is 0 Å². The molecule has 3 aromatic rings. The van der Waals surface area contributed by atoms with Crippen molar-refractivity contribution in [2.75, 3.05) is 25.6 Å². The monoisotopic (exact) mass is 465 g/mol. The molecule has 3 heterocycles. The van der Waals surface area contributed by atoms with Crippen LogP contribution < -0.4 is 19.8 Å². The van der Waals surface area contributed by atoms with Gasteiger partial charge in [0.25, 0.3) is 5.56 Å². The molecule has 4 rings (SSSR count). The number of hydrogen-bond donors (Lipinski definition) is 0. The van der Waals surface area contributed by atoms with Crippen molar-refractivity contribution in [2.45, 2.75) is 26.8 Å². The number of fused-ring (bicyclic) bond motifs is 1. The van der Waals surface area contributed by atoms with Gasteiger partial charge in [-0.1, -0.05) is 23.5 Å². The first-order valence-electron chi connectivity index (χ1n) is 10.7. The summed E-state index contributed by atoms with van der Waals surface area (Å²) in [5.41, 5.74) is 4.42. The molecule has 1 aliphatic rings. The van der Waals surface area contributed by atoms with Crippen LogP contribution in [-0.4, -0.2) is 41.0 Å². The zero-order valence-corrected chi connectivity index (χ0v) is 20.4. The Morgan fingerprint density at radius 3 is 2.52 bits per heavy atom. The molecule has 33 heavy (non-hydrogen) atoms. The van der Waals surface area contributed by atoms with Gasteiger partial charge < -0.3 is 9.64 Å². The minimum atomic E-state index is -0.617. The third-order valence-corrected chi connectivity index (χ3v) is 6.79. The van der Waals surface area contributed by atoms with Gasteiger partial charge in [0, 0.05) is 38.1 Å². The van der Waals surface area contributed by atoms with Crippen molar-refractivity contribution in [3.05, 3.63) is 78.2 Å². The average molecular weight is 466 g/mol. The summed E-state index contributed by atoms with van der Waals surface area (Å²) in [6, 6.07) is 7.22. The molecule has 0 aliphatic carbocycles. The highest BCUT2D eigenvalue weighted by Gasteiger charge is 2.33. The van der Waals surface area contributed by atoms with Crippen LogP contribution in [0.2, 0.25) is 0 Å². The molecule has 8 nitrogen and oxygen atoms in total. The maximum absolute atomic E-state index is 13.6. The third-order valence-electron chi connectivity index (χ3n) is 5.80. The van der Waals surface area contributed by atoms with E-state index in [0.29, 0.717) is 20.6 Å². The molecular formula is C24H27N5O3S. The van der Waals surface area contributed by atoms with Crippen molar-refractivity contribution in [3.8, 4) is 0 Å². The predicted octanol–water partition coefficient (Wildman–Crippen LogP) is 1.91. The summed E-state index contributed by atoms with van der Waals surface area (Å²) in [4.78, 5) is 33.7. The first kappa shape index (κ1) is 22.7. The molecule has 0 radical (unpaired) electrons. The molecule has 0 saturated carbocycles. The van der Waals surface area contributed by atoms with Crippen LogP contribution in [0.4, 0.5) is 5.69 Å². The van der Waals surface area contributed by atoms with Gasteiger partial charge >= 0.3 is 5.97 Å². The number of aromatic nitrogens is 3. The first-order valence-corrected chi connectivity index (χ1v) is 11.5. The van der Waals surface area contributed by atoms with Crippen LogP contribution in [0.1, 0.15) is 36.7 Å². The summed E-state index contributed by atoms with van der Waals surface area (Å²) < 4.78 is 9.25. The Morgan fingerprint density at radius 1 is 1.24 bits per heavy atom. The molecular weight excluding hydrogens is 438 g/mol. The Balaban J connectivity index is 1.95. The number of benzene rings is 1. The van der Waals surface area contributed by atoms with Gasteiger partial charge in [-0.25, -0.2) is 9.79 Å². The molecule has 0 amide bonds. The minimum Gasteiger partial charge on any atom is -0.463 e. The summed E-state index contributed by atoms with van der Waals surface area (Å²) in [7, 11) is 5.79. The number of anilines is 1. The van der Waals surface area contributed by atoms with Gasteiger partial charge in [0.1, 0.15) is 0 Å². The largest absolute Gasteiger partial charge is 0.463 e. The number of allylic oxidation sites excluding steroid dienone is 1. The molecule has 172 valence electrons. The minimum absolute atomic E-state index is 0.196. The Kier molecular flexibility index (Phi) is 6.07. The molecule has 0 spiro atoms. The highest BCUT2D eigenvalue weighted by Crippen LogP contribution is 2.31. The van der Waals surface area contributed by atoms with Crippen molar-refractivity contribution < 1.29 is 9.53 Å². The van der Waals surface area contributed by atoms with Crippen molar-refractivity contribution in [3.63, 3.8) is 0 Å². The summed E-state index contributed by atoms with van der Waals surface area (Å²) >= 11 is 1.31. The summed E-state index contributed by atoms with van der Waals surface area (Å²) in [6.45, 7) is 5.75. The van der Waals surface area contributed by atoms with Crippen molar-refractivity contribution in [1.82, 2.24) is 14.3 Å². The zero-order chi connectivity index (χ0) is 23.9. The molecule has 0 bridgehead atoms. The van der Waals surface area contributed by atoms with E-state index in [1.54, 1.807) is 29.3 Å². The SMILES string of the molecule is CCOC(=O)C1=C(C)N=c2s/c(=C/c3cnn(C)c3C)c(=O)n2C1c1ccc(N(C)C)cc1. The number of thiazole rings is 1. The smallest absolute Gasteiger partial charge is 0.338 e. The lowest BCUT2D eigenvalue weighted by molar-refractivity contribution is -0.139. The summed E-state index contributed by atoms with van der Waals surface area (Å²) in [6.07, 6.45) is 3.57. The topological polar surface area (TPSA) is 81.7 Å². The normalized spacial score (nSPS) is 15.9. The van der Waals surface area contributed by atoms with E-state index in [-0.39, 0.29) is 12.2 Å². The van der Waals surface area contributed by atoms with Crippen LogP contribution >= 0.6 is 11.3 Å². The lowest BCUT2D eigenvalue weighted by atomic mass is 9.95. The molecule has 1 atom stereocenters. The van der Waals surface area contributed by atoms with Crippen LogP contribution in [-0.2, 0) is 16.6 Å². The summed E-state index contributed by atoms with van der Waals surface area (Å²) in [5.74, 6) is -0.460. The van der Waals surface area contributed by atoms with E-state index in [1.165, 1.54) is 11.3 Å². The Labute approximate surface area is 195 Å². The van der Waals surface area contributed by atoms with Crippen LogP contribution in [0.25, 0.3) is 6.08 Å². The van der Waals surface area contributed by atoms with Gasteiger partial charge in [0.2, 0.25) is 0 Å². The maximum atomic E-state index is 13.6. The standard InChI is InChI=1S/C24H27N5O3S/c1-7-32-23(31)20-14(2)26-24-29(21(20)16-8-10-18(11-9-16)27(4)5)22(30)19(33-24)12-17-13-25-28(6)15(17)3/h8-13,21H,7H2,1-6H3/b19-12+. The Bertz CT molecular complexity index is 1420. The Morgan fingerprint density at radius 2 is 1.94 bits per heavy atom. The number of rotatable bonds is 5. The number of esters is 1. The molecule has 9 heteroatoms. The molecule has 2 aromatic heterocycles. The lowest BCUT2D eigenvalue weighted by Crippen LogP contribution is -2.40. The second-order valence-electron chi connectivity index (χ2n) is 8.10. The molecule has 1 unspecified atom stereocenters. The Hall–Kier alpha value is -3.46. The fourth-order valence-corrected chi connectivity index (χ4v) is 4.90. The lowest BCUT2D eigenvalue weighted by Gasteiger charge is -2.25. The van der Waals surface area contributed by atoms with E-state index in [1.807, 2.05) is 63.3 Å². The van der Waals surface area contributed by atoms with Gasteiger partial charge in [-0.3, -0.25) is 14.0 Å². The number of carbonyl (C=O) groups is 1. The number of hydrogen-bond acceptors (Lipinski definition) is 7. The molecule has 1 aromatic carbocycles. The van der Waals surface area contributed by atoms with E-state index in [2.05, 4.69) is 10.1 Å². The van der Waals surface area contributed by atoms with Crippen molar-refractivity contribution >= 4 is 29.1 Å². The second-order valence-corrected chi connectivity index (χ2v) is 9.11. The van der Waals surface area contributed by atoms with Gasteiger partial charge in [-0.2, -0.15) is 5.10 Å². The molecule has 0 saturated heterocycles. The highest BCUT2D eigenvalue weighted by molar-refractivity contribution is 7.07. The van der Waals surface area contributed by atoms with Gasteiger partial charge in [-0.15, -0.1) is 0 Å². The van der Waals surface area contributed by atoms with Crippen molar-refractivity contribution in [2.24, 2.45) is 12.0 Å². The van der Waals surface area contributed by atoms with Crippen LogP contribution in [0, 0.1) is 6.92 Å². The molecule has 0 N–H and O–H groups in total. The van der Waals surface area contributed by atoms with Crippen LogP contribution in [0.5, 0.6) is 0 Å². The van der Waals surface area contributed by atoms with Crippen LogP contribution in [0.15, 0.2) is 51.5 Å². The number of aryl methyl sites for hydroxylation is 1. The fraction of sp³-hybridized carbons (Fsp3) is 0.333. The highest BCUT2D eigenvalue weighted by atomic mass is 32.1. The first-order chi connectivity index (χ1) is 15.7. The maximum Gasteiger partial charge on any atom is 0.338 e. The summed E-state index contributed by atoms with van der Waals surface area (Å²) in [5, 5.41) is 4.26. The second kappa shape index (κ2) is 8.82. The van der Waals surface area contributed by atoms with Gasteiger partial charge in [0.15, 0.2) is 4.80 Å². The van der Waals surface area contributed by atoms with E-state index in [9.17, 15) is 9.59 Å². The molecule has 1 aliphatic heterocycles. The van der Waals surface area contributed by atoms with Crippen molar-refractivity contribution in [1.29, 1.82) is 0 Å². The van der Waals surface area contributed by atoms with E-state index < -0.39 is 12.0 Å². The average Bonchev–Trinajstić information content (AvgIpc) is 3.26. The van der Waals surface area contributed by atoms with E-state index >= 15 is 0 Å². The third kappa shape index (κ3) is 4.04. The number of ether oxygens (including phenoxy) is 1. The van der Waals surface area contributed by atoms with E-state index in [0.717, 1.165) is 22.5 Å². The predicted molar refractivity (Wildman–Crippen MR) is 129 cm³/mol. The molecule has 0 fully saturated rings. The van der Waals surface area contributed by atoms with Gasteiger partial charge in [-0.05, 0) is 44.5 Å². The quantitative estimate of drug-likeness (QED) is 0.538. The van der Waals surface area contributed by atoms with Gasteiger partial charge in [0.05, 0.1) is 34.6 Å². The number of carbonyl (C=O) groups excluding carboxylic acids is 1. The number of nitrogens with zero attached hydrogens (tertiary/aromatic N) is 5. The zero-order valence-electron chi connectivity index (χ0n) is 19.6. The fourth-order valence-electron chi connectivity index (χ4n) is 3.86. The van der Waals surface area contributed by atoms with E-state index in [4.69, 9.17) is 4.74 Å².